The molecule has 0 saturated carbocycles. The van der Waals surface area contributed by atoms with E-state index in [0.29, 0.717) is 12.3 Å². The minimum Gasteiger partial charge on any atom is -0.488 e. The Bertz CT molecular complexity index is 637. The SMILES string of the molecule is COCCOc1ccc(NC(=O)N[C@@H](C)c2nccs2)cc1F. The Morgan fingerprint density at radius 2 is 2.26 bits per heavy atom. The predicted molar refractivity (Wildman–Crippen MR) is 86.5 cm³/mol. The van der Waals surface area contributed by atoms with Crippen molar-refractivity contribution in [1.29, 1.82) is 0 Å². The number of benzene rings is 1. The van der Waals surface area contributed by atoms with E-state index < -0.39 is 11.8 Å². The zero-order valence-corrected chi connectivity index (χ0v) is 13.7. The Morgan fingerprint density at radius 1 is 1.43 bits per heavy atom. The van der Waals surface area contributed by atoms with Crippen LogP contribution in [-0.2, 0) is 4.74 Å². The Hall–Kier alpha value is -2.19. The minimum atomic E-state index is -0.549. The molecular formula is C15H18FN3O3S. The largest absolute Gasteiger partial charge is 0.488 e. The monoisotopic (exact) mass is 339 g/mol. The van der Waals surface area contributed by atoms with Crippen molar-refractivity contribution in [3.05, 3.63) is 40.6 Å². The van der Waals surface area contributed by atoms with Crippen molar-refractivity contribution < 1.29 is 18.7 Å². The fraction of sp³-hybridized carbons (Fsp3) is 0.333. The van der Waals surface area contributed by atoms with Crippen LogP contribution in [0.1, 0.15) is 18.0 Å². The second kappa shape index (κ2) is 8.44. The van der Waals surface area contributed by atoms with E-state index in [4.69, 9.17) is 9.47 Å². The highest BCUT2D eigenvalue weighted by Gasteiger charge is 2.12. The molecule has 0 unspecified atom stereocenters. The number of ether oxygens (including phenoxy) is 2. The second-order valence-corrected chi connectivity index (χ2v) is 5.60. The van der Waals surface area contributed by atoms with Crippen LogP contribution in [0.15, 0.2) is 29.8 Å². The maximum atomic E-state index is 13.9. The topological polar surface area (TPSA) is 72.5 Å². The number of anilines is 1. The number of carbonyl (C=O) groups is 1. The summed E-state index contributed by atoms with van der Waals surface area (Å²) >= 11 is 1.45. The van der Waals surface area contributed by atoms with Gasteiger partial charge in [-0.2, -0.15) is 0 Å². The third kappa shape index (κ3) is 5.19. The van der Waals surface area contributed by atoms with Gasteiger partial charge in [0.25, 0.3) is 0 Å². The fourth-order valence-electron chi connectivity index (χ4n) is 1.80. The number of urea groups is 1. The third-order valence-electron chi connectivity index (χ3n) is 2.90. The van der Waals surface area contributed by atoms with Gasteiger partial charge >= 0.3 is 6.03 Å². The molecule has 0 aliphatic carbocycles. The zero-order valence-electron chi connectivity index (χ0n) is 12.8. The van der Waals surface area contributed by atoms with Gasteiger partial charge < -0.3 is 20.1 Å². The van der Waals surface area contributed by atoms with Gasteiger partial charge in [-0.05, 0) is 19.1 Å². The molecule has 1 atom stereocenters. The number of nitrogens with zero attached hydrogens (tertiary/aromatic N) is 1. The van der Waals surface area contributed by atoms with Crippen LogP contribution in [0.2, 0.25) is 0 Å². The van der Waals surface area contributed by atoms with Gasteiger partial charge in [0.2, 0.25) is 0 Å². The van der Waals surface area contributed by atoms with E-state index in [-0.39, 0.29) is 18.4 Å². The molecular weight excluding hydrogens is 321 g/mol. The van der Waals surface area contributed by atoms with Crippen molar-refractivity contribution in [3.63, 3.8) is 0 Å². The lowest BCUT2D eigenvalue weighted by atomic mass is 10.3. The molecule has 2 aromatic rings. The summed E-state index contributed by atoms with van der Waals surface area (Å²) in [6.07, 6.45) is 1.67. The number of thiazole rings is 1. The number of rotatable bonds is 7. The van der Waals surface area contributed by atoms with Crippen LogP contribution in [-0.4, -0.2) is 31.3 Å². The quantitative estimate of drug-likeness (QED) is 0.760. The van der Waals surface area contributed by atoms with Crippen molar-refractivity contribution >= 4 is 23.1 Å². The molecule has 6 nitrogen and oxygen atoms in total. The number of halogens is 1. The van der Waals surface area contributed by atoms with E-state index in [1.165, 1.54) is 30.6 Å². The molecule has 0 aliphatic heterocycles. The minimum absolute atomic E-state index is 0.115. The lowest BCUT2D eigenvalue weighted by Crippen LogP contribution is -2.31. The van der Waals surface area contributed by atoms with E-state index in [2.05, 4.69) is 15.6 Å². The third-order valence-corrected chi connectivity index (χ3v) is 3.86. The highest BCUT2D eigenvalue weighted by Crippen LogP contribution is 2.21. The maximum absolute atomic E-state index is 13.9. The Morgan fingerprint density at radius 3 is 2.91 bits per heavy atom. The summed E-state index contributed by atoms with van der Waals surface area (Å²) in [4.78, 5) is 16.0. The number of aromatic nitrogens is 1. The highest BCUT2D eigenvalue weighted by molar-refractivity contribution is 7.09. The van der Waals surface area contributed by atoms with E-state index in [1.807, 2.05) is 12.3 Å². The molecule has 0 spiro atoms. The zero-order chi connectivity index (χ0) is 16.7. The average Bonchev–Trinajstić information content (AvgIpc) is 3.04. The molecule has 0 saturated heterocycles. The number of amides is 2. The number of methoxy groups -OCH3 is 1. The standard InChI is InChI=1S/C15H18FN3O3S/c1-10(14-17-5-8-23-14)18-15(20)19-11-3-4-13(12(16)9-11)22-7-6-21-2/h3-5,8-10H,6-7H2,1-2H3,(H2,18,19,20)/t10-/m0/s1. The van der Waals surface area contributed by atoms with Crippen LogP contribution in [0.25, 0.3) is 0 Å². The Labute approximate surface area is 137 Å². The van der Waals surface area contributed by atoms with E-state index in [9.17, 15) is 9.18 Å². The first-order valence-corrected chi connectivity index (χ1v) is 7.86. The van der Waals surface area contributed by atoms with Gasteiger partial charge in [0.15, 0.2) is 11.6 Å². The molecule has 0 bridgehead atoms. The average molecular weight is 339 g/mol. The Balaban J connectivity index is 1.89. The second-order valence-electron chi connectivity index (χ2n) is 4.68. The molecule has 124 valence electrons. The first-order chi connectivity index (χ1) is 11.1. The molecule has 2 N–H and O–H groups in total. The van der Waals surface area contributed by atoms with Gasteiger partial charge in [-0.1, -0.05) is 0 Å². The lowest BCUT2D eigenvalue weighted by Gasteiger charge is -2.13. The van der Waals surface area contributed by atoms with Crippen molar-refractivity contribution in [2.24, 2.45) is 0 Å². The predicted octanol–water partition coefficient (Wildman–Crippen LogP) is 3.19. The van der Waals surface area contributed by atoms with Crippen molar-refractivity contribution in [3.8, 4) is 5.75 Å². The first-order valence-electron chi connectivity index (χ1n) is 6.98. The van der Waals surface area contributed by atoms with Crippen LogP contribution in [0.5, 0.6) is 5.75 Å². The van der Waals surface area contributed by atoms with Crippen molar-refractivity contribution in [2.45, 2.75) is 13.0 Å². The summed E-state index contributed by atoms with van der Waals surface area (Å²) in [6.45, 7) is 2.45. The molecule has 1 aromatic heterocycles. The van der Waals surface area contributed by atoms with E-state index in [0.717, 1.165) is 5.01 Å². The fourth-order valence-corrected chi connectivity index (χ4v) is 2.45. The number of hydrogen-bond acceptors (Lipinski definition) is 5. The molecule has 0 radical (unpaired) electrons. The normalized spacial score (nSPS) is 11.8. The molecule has 1 aromatic carbocycles. The molecule has 23 heavy (non-hydrogen) atoms. The van der Waals surface area contributed by atoms with Crippen LogP contribution < -0.4 is 15.4 Å². The van der Waals surface area contributed by atoms with Gasteiger partial charge in [0.1, 0.15) is 11.6 Å². The summed E-state index contributed by atoms with van der Waals surface area (Å²) in [5, 5.41) is 7.95. The van der Waals surface area contributed by atoms with E-state index in [1.54, 1.807) is 12.3 Å². The molecule has 0 fully saturated rings. The summed E-state index contributed by atoms with van der Waals surface area (Å²) in [6, 6.07) is 3.58. The molecule has 0 aliphatic rings. The molecule has 1 heterocycles. The van der Waals surface area contributed by atoms with Crippen LogP contribution >= 0.6 is 11.3 Å². The number of carbonyl (C=O) groups excluding carboxylic acids is 1. The highest BCUT2D eigenvalue weighted by atomic mass is 32.1. The van der Waals surface area contributed by atoms with Gasteiger partial charge in [0, 0.05) is 30.4 Å². The van der Waals surface area contributed by atoms with Gasteiger partial charge in [-0.25, -0.2) is 14.2 Å². The summed E-state index contributed by atoms with van der Waals surface area (Å²) in [5.74, 6) is -0.434. The number of nitrogens with one attached hydrogen (secondary N) is 2. The summed E-state index contributed by atoms with van der Waals surface area (Å²) in [5.41, 5.74) is 0.338. The van der Waals surface area contributed by atoms with Gasteiger partial charge in [0.05, 0.1) is 12.6 Å². The van der Waals surface area contributed by atoms with Crippen LogP contribution in [0.3, 0.4) is 0 Å². The van der Waals surface area contributed by atoms with Crippen LogP contribution in [0.4, 0.5) is 14.9 Å². The molecule has 8 heteroatoms. The number of hydrogen-bond donors (Lipinski definition) is 2. The van der Waals surface area contributed by atoms with Crippen LogP contribution in [0, 0.1) is 5.82 Å². The van der Waals surface area contributed by atoms with Crippen molar-refractivity contribution in [1.82, 2.24) is 10.3 Å². The summed E-state index contributed by atoms with van der Waals surface area (Å²) < 4.78 is 23.9. The van der Waals surface area contributed by atoms with Crippen molar-refractivity contribution in [2.75, 3.05) is 25.6 Å². The molecule has 2 amide bonds. The Kier molecular flexibility index (Phi) is 6.30. The lowest BCUT2D eigenvalue weighted by molar-refractivity contribution is 0.144. The molecule has 2 rings (SSSR count). The summed E-state index contributed by atoms with van der Waals surface area (Å²) in [7, 11) is 1.54. The smallest absolute Gasteiger partial charge is 0.319 e. The van der Waals surface area contributed by atoms with Gasteiger partial charge in [-0.15, -0.1) is 11.3 Å². The first kappa shape index (κ1) is 17.2. The maximum Gasteiger partial charge on any atom is 0.319 e. The van der Waals surface area contributed by atoms with Gasteiger partial charge in [-0.3, -0.25) is 0 Å². The van der Waals surface area contributed by atoms with E-state index >= 15 is 0 Å².